The summed E-state index contributed by atoms with van der Waals surface area (Å²) < 4.78 is 11.9. The van der Waals surface area contributed by atoms with Crippen molar-refractivity contribution in [2.24, 2.45) is 5.41 Å². The molecule has 33 heavy (non-hydrogen) atoms. The molecule has 1 aliphatic carbocycles. The first-order chi connectivity index (χ1) is 15.7. The molecule has 0 radical (unpaired) electrons. The molecule has 2 aromatic rings. The van der Waals surface area contributed by atoms with E-state index in [1.165, 1.54) is 0 Å². The van der Waals surface area contributed by atoms with Crippen LogP contribution in [0.25, 0.3) is 0 Å². The van der Waals surface area contributed by atoms with E-state index in [1.807, 2.05) is 49.4 Å². The van der Waals surface area contributed by atoms with E-state index in [9.17, 15) is 10.1 Å². The van der Waals surface area contributed by atoms with Crippen LogP contribution in [0.15, 0.2) is 65.0 Å². The molecule has 0 spiro atoms. The molecule has 0 fully saturated rings. The number of Topliss-reactive ketones (excluding diaryl/α,β-unsaturated/α-hetero) is 1. The number of nitriles is 1. The van der Waals surface area contributed by atoms with E-state index in [1.54, 1.807) is 7.11 Å². The zero-order chi connectivity index (χ0) is 23.8. The van der Waals surface area contributed by atoms with Gasteiger partial charge in [0.2, 0.25) is 0 Å². The monoisotopic (exact) mass is 462 g/mol. The lowest BCUT2D eigenvalue weighted by Gasteiger charge is -2.39. The summed E-state index contributed by atoms with van der Waals surface area (Å²) in [5.41, 5.74) is 4.39. The number of hydrogen-bond acceptors (Lipinski definition) is 5. The normalized spacial score (nSPS) is 19.5. The molecule has 0 bridgehead atoms. The molecule has 170 valence electrons. The molecule has 2 aliphatic rings. The summed E-state index contributed by atoms with van der Waals surface area (Å²) in [4.78, 5) is 13.4. The molecule has 4 rings (SSSR count). The lowest BCUT2D eigenvalue weighted by atomic mass is 9.68. The van der Waals surface area contributed by atoms with Crippen molar-refractivity contribution in [1.82, 2.24) is 5.32 Å². The van der Waals surface area contributed by atoms with Crippen LogP contribution < -0.4 is 14.8 Å². The van der Waals surface area contributed by atoms with Crippen molar-refractivity contribution in [3.63, 3.8) is 0 Å². The van der Waals surface area contributed by atoms with Crippen LogP contribution in [-0.2, 0) is 11.4 Å². The smallest absolute Gasteiger partial charge is 0.165 e. The minimum atomic E-state index is -0.509. The molecule has 1 heterocycles. The largest absolute Gasteiger partial charge is 0.493 e. The van der Waals surface area contributed by atoms with Crippen molar-refractivity contribution in [1.29, 1.82) is 5.26 Å². The van der Waals surface area contributed by atoms with E-state index < -0.39 is 5.92 Å². The molecular formula is C27H27ClN2O3. The summed E-state index contributed by atoms with van der Waals surface area (Å²) in [6.45, 7) is 6.37. The fraction of sp³-hybridized carbons (Fsp3) is 0.333. The zero-order valence-electron chi connectivity index (χ0n) is 19.3. The highest BCUT2D eigenvalue weighted by molar-refractivity contribution is 6.30. The third-order valence-electron chi connectivity index (χ3n) is 6.20. The summed E-state index contributed by atoms with van der Waals surface area (Å²) in [6.07, 6.45) is 1.18. The number of benzene rings is 2. The number of hydrogen-bond donors (Lipinski definition) is 1. The van der Waals surface area contributed by atoms with Gasteiger partial charge < -0.3 is 14.8 Å². The topological polar surface area (TPSA) is 71.3 Å². The second kappa shape index (κ2) is 8.96. The first kappa shape index (κ1) is 22.9. The molecule has 5 nitrogen and oxygen atoms in total. The second-order valence-electron chi connectivity index (χ2n) is 9.34. The molecule has 0 aromatic heterocycles. The van der Waals surface area contributed by atoms with E-state index in [2.05, 4.69) is 25.2 Å². The van der Waals surface area contributed by atoms with Crippen molar-refractivity contribution >= 4 is 17.4 Å². The number of carbonyl (C=O) groups excluding carboxylic acids is 1. The Balaban J connectivity index is 1.82. The van der Waals surface area contributed by atoms with Gasteiger partial charge in [-0.1, -0.05) is 49.7 Å². The highest BCUT2D eigenvalue weighted by atomic mass is 35.5. The fourth-order valence-electron chi connectivity index (χ4n) is 4.71. The average Bonchev–Trinajstić information content (AvgIpc) is 2.76. The van der Waals surface area contributed by atoms with Gasteiger partial charge in [0, 0.05) is 34.0 Å². The quantitative estimate of drug-likeness (QED) is 0.585. The molecule has 6 heteroatoms. The number of allylic oxidation sites excluding steroid dienone is 4. The highest BCUT2D eigenvalue weighted by Crippen LogP contribution is 2.49. The summed E-state index contributed by atoms with van der Waals surface area (Å²) in [7, 11) is 1.59. The first-order valence-corrected chi connectivity index (χ1v) is 11.3. The van der Waals surface area contributed by atoms with Crippen LogP contribution in [-0.4, -0.2) is 12.9 Å². The van der Waals surface area contributed by atoms with Gasteiger partial charge in [0.25, 0.3) is 0 Å². The van der Waals surface area contributed by atoms with Gasteiger partial charge in [0.05, 0.1) is 24.7 Å². The Hall–Kier alpha value is -3.23. The maximum atomic E-state index is 13.4. The number of para-hydroxylation sites is 1. The van der Waals surface area contributed by atoms with Gasteiger partial charge in [-0.05, 0) is 42.5 Å². The van der Waals surface area contributed by atoms with Crippen LogP contribution in [0.1, 0.15) is 50.7 Å². The Morgan fingerprint density at radius 1 is 1.18 bits per heavy atom. The minimum Gasteiger partial charge on any atom is -0.493 e. The summed E-state index contributed by atoms with van der Waals surface area (Å²) in [6, 6.07) is 15.4. The van der Waals surface area contributed by atoms with E-state index in [0.717, 1.165) is 28.9 Å². The van der Waals surface area contributed by atoms with E-state index in [-0.39, 0.29) is 11.2 Å². The molecule has 2 aromatic carbocycles. The summed E-state index contributed by atoms with van der Waals surface area (Å²) >= 11 is 6.01. The van der Waals surface area contributed by atoms with Gasteiger partial charge in [0.15, 0.2) is 17.3 Å². The van der Waals surface area contributed by atoms with Crippen LogP contribution >= 0.6 is 11.6 Å². The van der Waals surface area contributed by atoms with E-state index in [0.29, 0.717) is 40.7 Å². The number of methoxy groups -OCH3 is 1. The van der Waals surface area contributed by atoms with Crippen molar-refractivity contribution < 1.29 is 14.3 Å². The van der Waals surface area contributed by atoms with Crippen molar-refractivity contribution in [3.05, 3.63) is 81.2 Å². The Bertz CT molecular complexity index is 1200. The molecule has 0 saturated carbocycles. The minimum absolute atomic E-state index is 0.0606. The molecular weight excluding hydrogens is 436 g/mol. The second-order valence-corrected chi connectivity index (χ2v) is 9.77. The maximum Gasteiger partial charge on any atom is 0.165 e. The Kier molecular flexibility index (Phi) is 6.23. The predicted molar refractivity (Wildman–Crippen MR) is 128 cm³/mol. The number of nitrogens with one attached hydrogen (secondary N) is 1. The lowest BCUT2D eigenvalue weighted by molar-refractivity contribution is -0.118. The number of halogens is 1. The third kappa shape index (κ3) is 4.49. The summed E-state index contributed by atoms with van der Waals surface area (Å²) in [5, 5.41) is 14.1. The molecule has 1 aliphatic heterocycles. The Labute approximate surface area is 199 Å². The number of ether oxygens (including phenoxy) is 2. The van der Waals surface area contributed by atoms with Gasteiger partial charge in [-0.3, -0.25) is 4.79 Å². The van der Waals surface area contributed by atoms with Gasteiger partial charge in [-0.2, -0.15) is 5.26 Å². The van der Waals surface area contributed by atoms with E-state index >= 15 is 0 Å². The SMILES string of the molecule is COc1cccc(C2C(C#N)=C(C)NC3=C2C(=O)CC(C)(C)C3)c1OCc1ccc(Cl)cc1. The first-order valence-electron chi connectivity index (χ1n) is 10.9. The van der Waals surface area contributed by atoms with Crippen LogP contribution in [0.4, 0.5) is 0 Å². The van der Waals surface area contributed by atoms with Crippen molar-refractivity contribution in [3.8, 4) is 17.6 Å². The lowest BCUT2D eigenvalue weighted by Crippen LogP contribution is -2.37. The molecule has 1 N–H and O–H groups in total. The molecule has 1 atom stereocenters. The van der Waals surface area contributed by atoms with Crippen molar-refractivity contribution in [2.45, 2.75) is 46.1 Å². The van der Waals surface area contributed by atoms with Crippen LogP contribution in [0, 0.1) is 16.7 Å². The fourth-order valence-corrected chi connectivity index (χ4v) is 4.83. The third-order valence-corrected chi connectivity index (χ3v) is 6.45. The molecule has 0 amide bonds. The number of rotatable bonds is 5. The molecule has 0 saturated heterocycles. The average molecular weight is 463 g/mol. The summed E-state index contributed by atoms with van der Waals surface area (Å²) in [5.74, 6) is 0.642. The van der Waals surface area contributed by atoms with Gasteiger partial charge >= 0.3 is 0 Å². The number of ketones is 1. The predicted octanol–water partition coefficient (Wildman–Crippen LogP) is 6.06. The van der Waals surface area contributed by atoms with Crippen molar-refractivity contribution in [2.75, 3.05) is 7.11 Å². The Morgan fingerprint density at radius 2 is 1.91 bits per heavy atom. The van der Waals surface area contributed by atoms with Crippen LogP contribution in [0.3, 0.4) is 0 Å². The number of dihydropyridines is 1. The maximum absolute atomic E-state index is 13.4. The van der Waals surface area contributed by atoms with Gasteiger partial charge in [-0.25, -0.2) is 0 Å². The zero-order valence-corrected chi connectivity index (χ0v) is 20.0. The van der Waals surface area contributed by atoms with Crippen LogP contribution in [0.5, 0.6) is 11.5 Å². The number of carbonyl (C=O) groups is 1. The van der Waals surface area contributed by atoms with Crippen LogP contribution in [0.2, 0.25) is 5.02 Å². The molecule has 1 unspecified atom stereocenters. The standard InChI is InChI=1S/C27H27ClN2O3/c1-16-20(14-29)24(25-21(30-16)12-27(2,3)13-22(25)31)19-6-5-7-23(32-4)26(19)33-15-17-8-10-18(28)11-9-17/h5-11,24,30H,12-13,15H2,1-4H3. The van der Waals surface area contributed by atoms with Gasteiger partial charge in [-0.15, -0.1) is 0 Å². The highest BCUT2D eigenvalue weighted by Gasteiger charge is 2.42. The Morgan fingerprint density at radius 3 is 2.58 bits per heavy atom. The van der Waals surface area contributed by atoms with E-state index in [4.69, 9.17) is 21.1 Å². The van der Waals surface area contributed by atoms with Gasteiger partial charge in [0.1, 0.15) is 6.61 Å². The number of nitrogens with zero attached hydrogens (tertiary/aromatic N) is 1.